The maximum Gasteiger partial charge on any atom is 0.258 e. The van der Waals surface area contributed by atoms with Crippen LogP contribution in [0.25, 0.3) is 0 Å². The fraction of sp³-hybridized carbons (Fsp3) is 0.516. The number of thiophene rings is 1. The predicted octanol–water partition coefficient (Wildman–Crippen LogP) is 2.74. The van der Waals surface area contributed by atoms with Crippen LogP contribution < -0.4 is 21.3 Å². The Kier molecular flexibility index (Phi) is 10.1. The second-order valence-electron chi connectivity index (χ2n) is 11.1. The van der Waals surface area contributed by atoms with Crippen molar-refractivity contribution in [1.29, 1.82) is 5.26 Å². The summed E-state index contributed by atoms with van der Waals surface area (Å²) in [5, 5.41) is 10.2. The number of fused-ring (bicyclic) bond motifs is 1. The van der Waals surface area contributed by atoms with Crippen LogP contribution in [0.2, 0.25) is 0 Å². The van der Waals surface area contributed by atoms with Crippen molar-refractivity contribution >= 4 is 45.5 Å². The highest BCUT2D eigenvalue weighted by Crippen LogP contribution is 2.46. The number of amidine groups is 1. The maximum atomic E-state index is 13.8. The first-order valence-corrected chi connectivity index (χ1v) is 15.8. The number of nitriles is 1. The van der Waals surface area contributed by atoms with E-state index in [1.54, 1.807) is 4.90 Å². The second kappa shape index (κ2) is 13.6. The quantitative estimate of drug-likeness (QED) is 0.298. The van der Waals surface area contributed by atoms with Crippen LogP contribution in [-0.2, 0) is 21.4 Å². The summed E-state index contributed by atoms with van der Waals surface area (Å²) in [5.74, 6) is 0.363. The molecular formula is C31H43N9O2S. The monoisotopic (exact) mass is 605 g/mol. The molecule has 1 aliphatic carbocycles. The highest BCUT2D eigenvalue weighted by atomic mass is 32.1. The van der Waals surface area contributed by atoms with Crippen molar-refractivity contribution in [2.75, 3.05) is 74.9 Å². The summed E-state index contributed by atoms with van der Waals surface area (Å²) in [6.07, 6.45) is 3.50. The molecule has 1 unspecified atom stereocenters. The van der Waals surface area contributed by atoms with Gasteiger partial charge in [-0.05, 0) is 45.4 Å². The molecule has 5 rings (SSSR count). The van der Waals surface area contributed by atoms with Gasteiger partial charge < -0.3 is 31.1 Å². The Morgan fingerprint density at radius 3 is 2.40 bits per heavy atom. The van der Waals surface area contributed by atoms with E-state index in [0.29, 0.717) is 54.4 Å². The minimum absolute atomic E-state index is 0.0442. The molecule has 0 bridgehead atoms. The SMILES string of the molecule is C=CC(=O)N1CCN(c2cc(C(N)=NC(=O)C3(C)CCCc4sc(N)c(C#N)c43)nc(N3CCN(C)CC3)c2)CC1.CC. The maximum absolute atomic E-state index is 13.8. The number of aryl methyl sites for hydroxylation is 1. The zero-order valence-corrected chi connectivity index (χ0v) is 26.5. The van der Waals surface area contributed by atoms with Gasteiger partial charge in [-0.2, -0.15) is 10.3 Å². The Morgan fingerprint density at radius 1 is 1.12 bits per heavy atom. The molecular weight excluding hydrogens is 562 g/mol. The highest BCUT2D eigenvalue weighted by molar-refractivity contribution is 7.16. The van der Waals surface area contributed by atoms with Crippen molar-refractivity contribution in [1.82, 2.24) is 14.8 Å². The van der Waals surface area contributed by atoms with Crippen molar-refractivity contribution in [3.05, 3.63) is 46.5 Å². The van der Waals surface area contributed by atoms with Gasteiger partial charge in [0.05, 0.1) is 11.0 Å². The van der Waals surface area contributed by atoms with Crippen LogP contribution in [-0.4, -0.2) is 91.8 Å². The lowest BCUT2D eigenvalue weighted by Crippen LogP contribution is -2.48. The van der Waals surface area contributed by atoms with Crippen molar-refractivity contribution < 1.29 is 9.59 Å². The molecule has 0 radical (unpaired) electrons. The summed E-state index contributed by atoms with van der Waals surface area (Å²) in [5.41, 5.74) is 14.1. The van der Waals surface area contributed by atoms with Gasteiger partial charge in [0, 0.05) is 74.6 Å². The van der Waals surface area contributed by atoms with Crippen molar-refractivity contribution in [3.8, 4) is 6.07 Å². The van der Waals surface area contributed by atoms with Crippen molar-refractivity contribution in [2.45, 2.75) is 45.4 Å². The zero-order chi connectivity index (χ0) is 31.3. The number of anilines is 3. The topological polar surface area (TPSA) is 148 Å². The van der Waals surface area contributed by atoms with Gasteiger partial charge in [0.1, 0.15) is 22.6 Å². The molecule has 230 valence electrons. The standard InChI is InChI=1S/C29H37N9O2S.C2H6/c1-4-24(39)38-14-12-36(13-15-38)19-16-21(33-23(17-19)37-10-8-35(3)9-11-37)26(31)34-28(40)29(2)7-5-6-22-25(29)20(18-30)27(32)41-22;1-2/h4,16-17H,1,5-15,32H2,2-3H3,(H2,31,34,40);1-2H3. The third kappa shape index (κ3) is 6.53. The molecule has 2 aliphatic heterocycles. The minimum Gasteiger partial charge on any atom is -0.389 e. The number of hydrogen-bond donors (Lipinski definition) is 2. The molecule has 4 heterocycles. The molecule has 1 atom stereocenters. The van der Waals surface area contributed by atoms with Crippen molar-refractivity contribution in [3.63, 3.8) is 0 Å². The minimum atomic E-state index is -0.983. The lowest BCUT2D eigenvalue weighted by atomic mass is 9.72. The number of aliphatic imine (C=N–C) groups is 1. The highest BCUT2D eigenvalue weighted by Gasteiger charge is 2.43. The van der Waals surface area contributed by atoms with E-state index >= 15 is 0 Å². The number of amides is 2. The second-order valence-corrected chi connectivity index (χ2v) is 12.3. The lowest BCUT2D eigenvalue weighted by molar-refractivity contribution is -0.126. The van der Waals surface area contributed by atoms with Crippen LogP contribution >= 0.6 is 11.3 Å². The van der Waals surface area contributed by atoms with Crippen LogP contribution in [0.5, 0.6) is 0 Å². The molecule has 12 heteroatoms. The van der Waals surface area contributed by atoms with Crippen molar-refractivity contribution in [2.24, 2.45) is 10.7 Å². The first-order valence-electron chi connectivity index (χ1n) is 15.0. The average molecular weight is 606 g/mol. The molecule has 2 saturated heterocycles. The van der Waals surface area contributed by atoms with Gasteiger partial charge in [-0.1, -0.05) is 20.4 Å². The summed E-state index contributed by atoms with van der Waals surface area (Å²) in [6, 6.07) is 6.12. The third-order valence-electron chi connectivity index (χ3n) is 8.46. The molecule has 3 aliphatic rings. The Balaban J connectivity index is 0.00000207. The van der Waals surface area contributed by atoms with Crippen LogP contribution in [0.4, 0.5) is 16.5 Å². The molecule has 43 heavy (non-hydrogen) atoms. The fourth-order valence-electron chi connectivity index (χ4n) is 5.93. The van der Waals surface area contributed by atoms with E-state index in [1.807, 2.05) is 26.8 Å². The van der Waals surface area contributed by atoms with Crippen LogP contribution in [0.1, 0.15) is 55.3 Å². The van der Waals surface area contributed by atoms with Gasteiger partial charge in [0.2, 0.25) is 5.91 Å². The van der Waals surface area contributed by atoms with Crippen LogP contribution in [0, 0.1) is 11.3 Å². The average Bonchev–Trinajstić information content (AvgIpc) is 3.38. The van der Waals surface area contributed by atoms with E-state index in [0.717, 1.165) is 55.4 Å². The third-order valence-corrected chi connectivity index (χ3v) is 9.54. The zero-order valence-electron chi connectivity index (χ0n) is 25.7. The summed E-state index contributed by atoms with van der Waals surface area (Å²) in [4.78, 5) is 44.6. The Labute approximate surface area is 258 Å². The molecule has 11 nitrogen and oxygen atoms in total. The van der Waals surface area contributed by atoms with E-state index in [1.165, 1.54) is 17.4 Å². The predicted molar refractivity (Wildman–Crippen MR) is 174 cm³/mol. The number of likely N-dealkylation sites (N-methyl/N-ethyl adjacent to an activating group) is 1. The van der Waals surface area contributed by atoms with Gasteiger partial charge in [0.25, 0.3) is 5.91 Å². The fourth-order valence-corrected chi connectivity index (χ4v) is 7.12. The van der Waals surface area contributed by atoms with E-state index in [2.05, 4.69) is 45.5 Å². The van der Waals surface area contributed by atoms with Gasteiger partial charge in [0.15, 0.2) is 5.84 Å². The molecule has 2 aromatic rings. The van der Waals surface area contributed by atoms with Gasteiger partial charge in [-0.25, -0.2) is 4.98 Å². The number of nitrogen functional groups attached to an aromatic ring is 1. The van der Waals surface area contributed by atoms with Gasteiger partial charge in [-0.3, -0.25) is 9.59 Å². The number of rotatable bonds is 5. The number of piperazine rings is 2. The lowest BCUT2D eigenvalue weighted by Gasteiger charge is -2.37. The molecule has 2 fully saturated rings. The number of pyridine rings is 1. The molecule has 2 amide bonds. The molecule has 0 spiro atoms. The van der Waals surface area contributed by atoms with Crippen LogP contribution in [0.3, 0.4) is 0 Å². The number of carbonyl (C=O) groups excluding carboxylic acids is 2. The molecule has 2 aromatic heterocycles. The molecule has 0 aromatic carbocycles. The van der Waals surface area contributed by atoms with Gasteiger partial charge in [-0.15, -0.1) is 11.3 Å². The van der Waals surface area contributed by atoms with E-state index in [-0.39, 0.29) is 11.7 Å². The summed E-state index contributed by atoms with van der Waals surface area (Å²) in [6.45, 7) is 15.4. The van der Waals surface area contributed by atoms with E-state index < -0.39 is 11.3 Å². The first kappa shape index (κ1) is 32.0. The number of nitrogens with two attached hydrogens (primary N) is 2. The van der Waals surface area contributed by atoms with E-state index in [9.17, 15) is 14.9 Å². The Morgan fingerprint density at radius 2 is 1.77 bits per heavy atom. The number of hydrogen-bond acceptors (Lipinski definition) is 9. The molecule has 0 saturated carbocycles. The number of aromatic nitrogens is 1. The van der Waals surface area contributed by atoms with Gasteiger partial charge >= 0.3 is 0 Å². The Bertz CT molecular complexity index is 1430. The van der Waals surface area contributed by atoms with Crippen LogP contribution in [0.15, 0.2) is 29.8 Å². The number of carbonyl (C=O) groups is 2. The normalized spacial score (nSPS) is 20.9. The van der Waals surface area contributed by atoms with E-state index in [4.69, 9.17) is 16.5 Å². The summed E-state index contributed by atoms with van der Waals surface area (Å²) in [7, 11) is 2.10. The Hall–Kier alpha value is -3.95. The number of nitrogens with zero attached hydrogens (tertiary/aromatic N) is 7. The first-order chi connectivity index (χ1) is 20.6. The molecule has 4 N–H and O–H groups in total. The summed E-state index contributed by atoms with van der Waals surface area (Å²) < 4.78 is 0. The largest absolute Gasteiger partial charge is 0.389 e. The smallest absolute Gasteiger partial charge is 0.258 e. The summed E-state index contributed by atoms with van der Waals surface area (Å²) >= 11 is 1.38.